The fourth-order valence-corrected chi connectivity index (χ4v) is 2.59. The predicted octanol–water partition coefficient (Wildman–Crippen LogP) is 2.26. The molecule has 2 rings (SSSR count). The minimum Gasteiger partial charge on any atom is -0.492 e. The highest BCUT2D eigenvalue weighted by molar-refractivity contribution is 5.85. The maximum absolute atomic E-state index is 12.7. The molecule has 5 heteroatoms. The summed E-state index contributed by atoms with van der Waals surface area (Å²) in [7, 11) is 0. The van der Waals surface area contributed by atoms with E-state index < -0.39 is 5.97 Å². The summed E-state index contributed by atoms with van der Waals surface area (Å²) in [5.74, 6) is -0.334. The molecule has 1 amide bonds. The number of para-hydroxylation sites is 1. The maximum Gasteiger partial charge on any atom is 0.303 e. The Morgan fingerprint density at radius 1 is 1.38 bits per heavy atom. The largest absolute Gasteiger partial charge is 0.492 e. The minimum atomic E-state index is -0.833. The predicted molar refractivity (Wildman–Crippen MR) is 78.4 cm³/mol. The van der Waals surface area contributed by atoms with Crippen LogP contribution in [0.1, 0.15) is 38.2 Å². The fourth-order valence-electron chi connectivity index (χ4n) is 2.59. The molecule has 1 aliphatic heterocycles. The van der Waals surface area contributed by atoms with Crippen LogP contribution in [0.5, 0.6) is 5.75 Å². The zero-order valence-electron chi connectivity index (χ0n) is 12.4. The molecular weight excluding hydrogens is 270 g/mol. The lowest BCUT2D eigenvalue weighted by atomic mass is 9.99. The zero-order chi connectivity index (χ0) is 15.4. The summed E-state index contributed by atoms with van der Waals surface area (Å²) in [6, 6.07) is 7.61. The summed E-state index contributed by atoms with van der Waals surface area (Å²) in [5, 5.41) is 8.72. The summed E-state index contributed by atoms with van der Waals surface area (Å²) < 4.78 is 5.56. The third-order valence-electron chi connectivity index (χ3n) is 3.69. The van der Waals surface area contributed by atoms with Crippen molar-refractivity contribution in [3.8, 4) is 5.75 Å². The molecular formula is C16H21NO4. The fraction of sp³-hybridized carbons (Fsp3) is 0.500. The molecule has 1 N–H and O–H groups in total. The highest BCUT2D eigenvalue weighted by Gasteiger charge is 2.33. The van der Waals surface area contributed by atoms with Gasteiger partial charge in [0.1, 0.15) is 18.3 Å². The third-order valence-corrected chi connectivity index (χ3v) is 3.69. The van der Waals surface area contributed by atoms with E-state index in [1.807, 2.05) is 38.1 Å². The van der Waals surface area contributed by atoms with E-state index >= 15 is 0 Å². The van der Waals surface area contributed by atoms with Crippen molar-refractivity contribution in [2.45, 2.75) is 38.6 Å². The Morgan fingerprint density at radius 2 is 2.10 bits per heavy atom. The Hall–Kier alpha value is -2.04. The molecule has 0 fully saturated rings. The summed E-state index contributed by atoms with van der Waals surface area (Å²) >= 11 is 0. The molecule has 0 radical (unpaired) electrons. The Balaban J connectivity index is 2.07. The van der Waals surface area contributed by atoms with Crippen LogP contribution in [0, 0.1) is 0 Å². The lowest BCUT2D eigenvalue weighted by molar-refractivity contribution is -0.139. The van der Waals surface area contributed by atoms with E-state index in [1.165, 1.54) is 0 Å². The topological polar surface area (TPSA) is 66.8 Å². The standard InChI is InChI=1S/C16H21NO4/c1-11(2)17(9-5-8-15(18)19)16(20)13-10-21-14-7-4-3-6-12(13)14/h3-4,6-7,11,13H,5,8-10H2,1-2H3,(H,18,19). The van der Waals surface area contributed by atoms with Crippen LogP contribution in [0.25, 0.3) is 0 Å². The number of carboxylic acid groups (broad SMARTS) is 1. The van der Waals surface area contributed by atoms with Gasteiger partial charge in [-0.3, -0.25) is 9.59 Å². The van der Waals surface area contributed by atoms with Gasteiger partial charge in [0.2, 0.25) is 5.91 Å². The number of benzene rings is 1. The van der Waals surface area contributed by atoms with E-state index in [0.29, 0.717) is 19.6 Å². The van der Waals surface area contributed by atoms with Crippen molar-refractivity contribution in [3.63, 3.8) is 0 Å². The minimum absolute atomic E-state index is 0.0142. The van der Waals surface area contributed by atoms with Crippen LogP contribution >= 0.6 is 0 Å². The lowest BCUT2D eigenvalue weighted by Gasteiger charge is -2.29. The Bertz CT molecular complexity index is 527. The number of carbonyl (C=O) groups is 2. The van der Waals surface area contributed by atoms with Gasteiger partial charge in [-0.25, -0.2) is 0 Å². The number of nitrogens with zero attached hydrogens (tertiary/aromatic N) is 1. The molecule has 1 atom stereocenters. The number of ether oxygens (including phenoxy) is 1. The van der Waals surface area contributed by atoms with Gasteiger partial charge in [-0.1, -0.05) is 18.2 Å². The van der Waals surface area contributed by atoms with E-state index in [4.69, 9.17) is 9.84 Å². The van der Waals surface area contributed by atoms with E-state index in [1.54, 1.807) is 4.90 Å². The van der Waals surface area contributed by atoms with Gasteiger partial charge in [-0.05, 0) is 26.3 Å². The number of rotatable bonds is 6. The van der Waals surface area contributed by atoms with Crippen LogP contribution in [0.3, 0.4) is 0 Å². The number of carbonyl (C=O) groups excluding carboxylic acids is 1. The van der Waals surface area contributed by atoms with E-state index in [2.05, 4.69) is 0 Å². The van der Waals surface area contributed by atoms with Gasteiger partial charge in [0.15, 0.2) is 0 Å². The maximum atomic E-state index is 12.7. The number of hydrogen-bond acceptors (Lipinski definition) is 3. The van der Waals surface area contributed by atoms with Crippen molar-refractivity contribution in [3.05, 3.63) is 29.8 Å². The molecule has 5 nitrogen and oxygen atoms in total. The SMILES string of the molecule is CC(C)N(CCCC(=O)O)C(=O)C1COc2ccccc21. The van der Waals surface area contributed by atoms with Crippen LogP contribution in [0.15, 0.2) is 24.3 Å². The molecule has 0 saturated carbocycles. The van der Waals surface area contributed by atoms with Crippen LogP contribution in [-0.2, 0) is 9.59 Å². The quantitative estimate of drug-likeness (QED) is 0.873. The van der Waals surface area contributed by atoms with Crippen molar-refractivity contribution in [2.24, 2.45) is 0 Å². The lowest BCUT2D eigenvalue weighted by Crippen LogP contribution is -2.41. The molecule has 0 spiro atoms. The van der Waals surface area contributed by atoms with Crippen molar-refractivity contribution in [1.82, 2.24) is 4.90 Å². The average molecular weight is 291 g/mol. The smallest absolute Gasteiger partial charge is 0.303 e. The second-order valence-electron chi connectivity index (χ2n) is 5.52. The first-order chi connectivity index (χ1) is 10.0. The molecule has 0 bridgehead atoms. The van der Waals surface area contributed by atoms with Gasteiger partial charge in [-0.15, -0.1) is 0 Å². The monoisotopic (exact) mass is 291 g/mol. The molecule has 1 unspecified atom stereocenters. The van der Waals surface area contributed by atoms with Gasteiger partial charge in [0.05, 0.1) is 0 Å². The van der Waals surface area contributed by atoms with Crippen LogP contribution in [-0.4, -0.2) is 41.1 Å². The van der Waals surface area contributed by atoms with Gasteiger partial charge in [0.25, 0.3) is 0 Å². The highest BCUT2D eigenvalue weighted by Crippen LogP contribution is 2.34. The van der Waals surface area contributed by atoms with Crippen molar-refractivity contribution >= 4 is 11.9 Å². The molecule has 114 valence electrons. The first-order valence-electron chi connectivity index (χ1n) is 7.24. The van der Waals surface area contributed by atoms with Crippen LogP contribution < -0.4 is 4.74 Å². The zero-order valence-corrected chi connectivity index (χ0v) is 12.4. The average Bonchev–Trinajstić information content (AvgIpc) is 2.86. The molecule has 1 aromatic rings. The highest BCUT2D eigenvalue weighted by atomic mass is 16.5. The first-order valence-corrected chi connectivity index (χ1v) is 7.24. The van der Waals surface area contributed by atoms with Gasteiger partial charge >= 0.3 is 5.97 Å². The Morgan fingerprint density at radius 3 is 2.76 bits per heavy atom. The second kappa shape index (κ2) is 6.61. The van der Waals surface area contributed by atoms with Gasteiger partial charge in [0, 0.05) is 24.6 Å². The molecule has 1 aliphatic rings. The first kappa shape index (κ1) is 15.4. The summed E-state index contributed by atoms with van der Waals surface area (Å²) in [5.41, 5.74) is 0.923. The number of fused-ring (bicyclic) bond motifs is 1. The van der Waals surface area contributed by atoms with E-state index in [9.17, 15) is 9.59 Å². The summed E-state index contributed by atoms with van der Waals surface area (Å²) in [4.78, 5) is 25.1. The van der Waals surface area contributed by atoms with Gasteiger partial charge in [-0.2, -0.15) is 0 Å². The van der Waals surface area contributed by atoms with Gasteiger partial charge < -0.3 is 14.7 Å². The molecule has 21 heavy (non-hydrogen) atoms. The van der Waals surface area contributed by atoms with Crippen LogP contribution in [0.4, 0.5) is 0 Å². The second-order valence-corrected chi connectivity index (χ2v) is 5.52. The summed E-state index contributed by atoms with van der Waals surface area (Å²) in [6.45, 7) is 4.71. The van der Waals surface area contributed by atoms with Crippen molar-refractivity contribution in [1.29, 1.82) is 0 Å². The van der Waals surface area contributed by atoms with E-state index in [0.717, 1.165) is 11.3 Å². The number of carboxylic acids is 1. The van der Waals surface area contributed by atoms with Crippen molar-refractivity contribution in [2.75, 3.05) is 13.2 Å². The molecule has 1 heterocycles. The Labute approximate surface area is 124 Å². The van der Waals surface area contributed by atoms with Crippen LogP contribution in [0.2, 0.25) is 0 Å². The molecule has 0 aromatic heterocycles. The molecule has 1 aromatic carbocycles. The molecule has 0 saturated heterocycles. The van der Waals surface area contributed by atoms with Crippen molar-refractivity contribution < 1.29 is 19.4 Å². The Kier molecular flexibility index (Phi) is 4.83. The number of hydrogen-bond donors (Lipinski definition) is 1. The number of aliphatic carboxylic acids is 1. The molecule has 0 aliphatic carbocycles. The summed E-state index contributed by atoms with van der Waals surface area (Å²) in [6.07, 6.45) is 0.544. The van der Waals surface area contributed by atoms with E-state index in [-0.39, 0.29) is 24.3 Å². The number of amides is 1. The third kappa shape index (κ3) is 3.54. The normalized spacial score (nSPS) is 16.4.